The van der Waals surface area contributed by atoms with E-state index in [4.69, 9.17) is 5.73 Å². The van der Waals surface area contributed by atoms with Crippen LogP contribution in [0.1, 0.15) is 18.1 Å². The van der Waals surface area contributed by atoms with E-state index < -0.39 is 17.5 Å². The molecule has 0 spiro atoms. The molecule has 0 aliphatic carbocycles. The number of aryl methyl sites for hydroxylation is 1. The highest BCUT2D eigenvalue weighted by molar-refractivity contribution is 9.10. The second-order valence-electron chi connectivity index (χ2n) is 3.50. The van der Waals surface area contributed by atoms with Gasteiger partial charge in [0.15, 0.2) is 0 Å². The van der Waals surface area contributed by atoms with Crippen LogP contribution in [-0.4, -0.2) is 12.6 Å². The Morgan fingerprint density at radius 1 is 1.53 bits per heavy atom. The third kappa shape index (κ3) is 2.74. The molecule has 0 unspecified atom stereocenters. The van der Waals surface area contributed by atoms with Crippen LogP contribution in [0.3, 0.4) is 0 Å². The Kier molecular flexibility index (Phi) is 4.08. The largest absolute Gasteiger partial charge is 0.461 e. The van der Waals surface area contributed by atoms with Gasteiger partial charge in [0.25, 0.3) is 0 Å². The zero-order chi connectivity index (χ0) is 13.2. The number of carbonyl (C=O) groups excluding carboxylic acids is 1. The number of ether oxygens (including phenoxy) is 1. The summed E-state index contributed by atoms with van der Waals surface area (Å²) < 4.78 is 32.2. The summed E-state index contributed by atoms with van der Waals surface area (Å²) in [6.45, 7) is 2.99. The molecular weight excluding hydrogens is 296 g/mol. The van der Waals surface area contributed by atoms with Gasteiger partial charge in [0.1, 0.15) is 0 Å². The number of alkyl halides is 2. The number of anilines is 1. The molecule has 0 aliphatic heterocycles. The predicted molar refractivity (Wildman–Crippen MR) is 63.8 cm³/mol. The molecule has 2 N–H and O–H groups in total. The molecule has 0 bridgehead atoms. The van der Waals surface area contributed by atoms with Crippen LogP contribution in [-0.2, 0) is 15.5 Å². The standard InChI is InChI=1S/C11H12BrF2NO2/c1-3-17-10(16)11(13,14)7-4-6(2)5-8(12)9(7)15/h4-5H,3,15H2,1-2H3. The molecule has 17 heavy (non-hydrogen) atoms. The molecule has 1 aromatic carbocycles. The van der Waals surface area contributed by atoms with Crippen LogP contribution in [0, 0.1) is 6.92 Å². The molecule has 1 aromatic rings. The van der Waals surface area contributed by atoms with Crippen molar-refractivity contribution >= 4 is 27.6 Å². The molecule has 0 atom stereocenters. The Bertz CT molecular complexity index is 449. The fourth-order valence-corrected chi connectivity index (χ4v) is 1.92. The fraction of sp³-hybridized carbons (Fsp3) is 0.364. The molecule has 1 rings (SSSR count). The maximum absolute atomic E-state index is 13.8. The molecule has 0 fully saturated rings. The van der Waals surface area contributed by atoms with Crippen molar-refractivity contribution in [1.82, 2.24) is 0 Å². The maximum atomic E-state index is 13.8. The Morgan fingerprint density at radius 2 is 2.12 bits per heavy atom. The van der Waals surface area contributed by atoms with Crippen LogP contribution in [0.2, 0.25) is 0 Å². The van der Waals surface area contributed by atoms with Crippen LogP contribution in [0.15, 0.2) is 16.6 Å². The second-order valence-corrected chi connectivity index (χ2v) is 4.36. The number of nitrogen functional groups attached to an aromatic ring is 1. The monoisotopic (exact) mass is 307 g/mol. The van der Waals surface area contributed by atoms with E-state index >= 15 is 0 Å². The summed E-state index contributed by atoms with van der Waals surface area (Å²) in [4.78, 5) is 11.2. The predicted octanol–water partition coefficient (Wildman–Crippen LogP) is 2.99. The lowest BCUT2D eigenvalue weighted by molar-refractivity contribution is -0.173. The molecule has 0 saturated heterocycles. The van der Waals surface area contributed by atoms with E-state index in [9.17, 15) is 13.6 Å². The average Bonchev–Trinajstić information content (AvgIpc) is 2.23. The molecule has 0 heterocycles. The lowest BCUT2D eigenvalue weighted by Gasteiger charge is -2.18. The number of hydrogen-bond acceptors (Lipinski definition) is 3. The van der Waals surface area contributed by atoms with Crippen LogP contribution in [0.5, 0.6) is 0 Å². The van der Waals surface area contributed by atoms with Crippen molar-refractivity contribution in [2.45, 2.75) is 19.8 Å². The van der Waals surface area contributed by atoms with E-state index in [0.717, 1.165) is 0 Å². The van der Waals surface area contributed by atoms with Gasteiger partial charge in [-0.1, -0.05) is 0 Å². The van der Waals surface area contributed by atoms with E-state index in [0.29, 0.717) is 10.0 Å². The van der Waals surface area contributed by atoms with Crippen molar-refractivity contribution in [1.29, 1.82) is 0 Å². The first kappa shape index (κ1) is 13.9. The Labute approximate surface area is 106 Å². The highest BCUT2D eigenvalue weighted by Crippen LogP contribution is 2.37. The van der Waals surface area contributed by atoms with E-state index in [-0.39, 0.29) is 12.3 Å². The summed E-state index contributed by atoms with van der Waals surface area (Å²) in [5, 5.41) is 0. The zero-order valence-electron chi connectivity index (χ0n) is 9.39. The number of nitrogens with two attached hydrogens (primary N) is 1. The minimum absolute atomic E-state index is 0.110. The van der Waals surface area contributed by atoms with Crippen molar-refractivity contribution < 1.29 is 18.3 Å². The van der Waals surface area contributed by atoms with Gasteiger partial charge in [-0.15, -0.1) is 0 Å². The summed E-state index contributed by atoms with van der Waals surface area (Å²) in [6.07, 6.45) is 0. The van der Waals surface area contributed by atoms with Crippen molar-refractivity contribution in [3.05, 3.63) is 27.7 Å². The highest BCUT2D eigenvalue weighted by Gasteiger charge is 2.44. The van der Waals surface area contributed by atoms with Crippen molar-refractivity contribution in [3.8, 4) is 0 Å². The van der Waals surface area contributed by atoms with Gasteiger partial charge in [0.2, 0.25) is 0 Å². The first-order chi connectivity index (χ1) is 7.80. The van der Waals surface area contributed by atoms with Gasteiger partial charge >= 0.3 is 11.9 Å². The number of esters is 1. The van der Waals surface area contributed by atoms with E-state index in [1.54, 1.807) is 13.0 Å². The molecule has 0 aliphatic rings. The highest BCUT2D eigenvalue weighted by atomic mass is 79.9. The van der Waals surface area contributed by atoms with Crippen molar-refractivity contribution in [2.24, 2.45) is 0 Å². The Morgan fingerprint density at radius 3 is 2.65 bits per heavy atom. The molecule has 3 nitrogen and oxygen atoms in total. The summed E-state index contributed by atoms with van der Waals surface area (Å²) in [5.41, 5.74) is 5.41. The summed E-state index contributed by atoms with van der Waals surface area (Å²) in [6, 6.07) is 2.77. The van der Waals surface area contributed by atoms with Crippen molar-refractivity contribution in [2.75, 3.05) is 12.3 Å². The van der Waals surface area contributed by atoms with Crippen LogP contribution in [0.4, 0.5) is 14.5 Å². The van der Waals surface area contributed by atoms with Gasteiger partial charge in [-0.25, -0.2) is 4.79 Å². The second kappa shape index (κ2) is 5.00. The van der Waals surface area contributed by atoms with E-state index in [1.807, 2.05) is 0 Å². The lowest BCUT2D eigenvalue weighted by Crippen LogP contribution is -2.29. The van der Waals surface area contributed by atoms with Gasteiger partial charge in [-0.3, -0.25) is 0 Å². The topological polar surface area (TPSA) is 52.3 Å². The third-order valence-corrected chi connectivity index (χ3v) is 2.80. The SMILES string of the molecule is CCOC(=O)C(F)(F)c1cc(C)cc(Br)c1N. The van der Waals surface area contributed by atoms with Gasteiger partial charge in [0.05, 0.1) is 17.9 Å². The van der Waals surface area contributed by atoms with Gasteiger partial charge in [-0.05, 0) is 47.5 Å². The molecule has 0 radical (unpaired) electrons. The minimum Gasteiger partial charge on any atom is -0.461 e. The maximum Gasteiger partial charge on any atom is 0.382 e. The van der Waals surface area contributed by atoms with Gasteiger partial charge in [0, 0.05) is 4.47 Å². The molecule has 6 heteroatoms. The number of benzene rings is 1. The van der Waals surface area contributed by atoms with Crippen LogP contribution in [0.25, 0.3) is 0 Å². The number of hydrogen-bond donors (Lipinski definition) is 1. The number of rotatable bonds is 3. The molecule has 0 saturated carbocycles. The average molecular weight is 308 g/mol. The van der Waals surface area contributed by atoms with Gasteiger partial charge < -0.3 is 10.5 Å². The summed E-state index contributed by atoms with van der Waals surface area (Å²) in [7, 11) is 0. The molecule has 94 valence electrons. The minimum atomic E-state index is -3.74. The van der Waals surface area contributed by atoms with Crippen LogP contribution >= 0.6 is 15.9 Å². The van der Waals surface area contributed by atoms with Crippen LogP contribution < -0.4 is 5.73 Å². The molecule has 0 amide bonds. The first-order valence-electron chi connectivity index (χ1n) is 4.91. The van der Waals surface area contributed by atoms with Gasteiger partial charge in [-0.2, -0.15) is 8.78 Å². The Hall–Kier alpha value is -1.17. The number of halogens is 3. The molecule has 0 aromatic heterocycles. The fourth-order valence-electron chi connectivity index (χ4n) is 1.34. The quantitative estimate of drug-likeness (QED) is 0.690. The molecular formula is C11H12BrF2NO2. The smallest absolute Gasteiger partial charge is 0.382 e. The Balaban J connectivity index is 3.27. The summed E-state index contributed by atoms with van der Waals surface area (Å²) in [5.74, 6) is -5.33. The number of carbonyl (C=O) groups is 1. The van der Waals surface area contributed by atoms with E-state index in [2.05, 4.69) is 20.7 Å². The third-order valence-electron chi connectivity index (χ3n) is 2.14. The normalized spacial score (nSPS) is 11.4. The first-order valence-corrected chi connectivity index (χ1v) is 5.71. The van der Waals surface area contributed by atoms with E-state index in [1.165, 1.54) is 13.0 Å². The summed E-state index contributed by atoms with van der Waals surface area (Å²) >= 11 is 3.07. The lowest BCUT2D eigenvalue weighted by atomic mass is 10.0. The van der Waals surface area contributed by atoms with Crippen molar-refractivity contribution in [3.63, 3.8) is 0 Å². The zero-order valence-corrected chi connectivity index (χ0v) is 11.0.